The third-order valence-electron chi connectivity index (χ3n) is 3.96. The number of carbonyl (C=O) groups excluding carboxylic acids is 1. The van der Waals surface area contributed by atoms with Gasteiger partial charge in [0.1, 0.15) is 0 Å². The standard InChI is InChI=1S/C21H18N4O/c22-14-16-5-4-6-17(13-16)15-24-21(26)25-20(18-7-2-1-3-8-18)19-9-11-23-12-10-19/h1-13,20H,15H2,(H2,24,25,26)/t20-/m0/s1. The highest BCUT2D eigenvalue weighted by molar-refractivity contribution is 5.75. The van der Waals surface area contributed by atoms with E-state index in [-0.39, 0.29) is 12.1 Å². The van der Waals surface area contributed by atoms with Gasteiger partial charge in [-0.2, -0.15) is 5.26 Å². The first-order valence-electron chi connectivity index (χ1n) is 8.24. The molecular weight excluding hydrogens is 324 g/mol. The van der Waals surface area contributed by atoms with Crippen LogP contribution in [0.25, 0.3) is 0 Å². The molecule has 5 nitrogen and oxygen atoms in total. The number of nitrogens with zero attached hydrogens (tertiary/aromatic N) is 2. The van der Waals surface area contributed by atoms with Gasteiger partial charge in [-0.05, 0) is 41.0 Å². The predicted octanol–water partition coefficient (Wildman–Crippen LogP) is 3.54. The molecule has 26 heavy (non-hydrogen) atoms. The van der Waals surface area contributed by atoms with Crippen LogP contribution in [0.5, 0.6) is 0 Å². The maximum absolute atomic E-state index is 12.4. The Hall–Kier alpha value is -3.65. The van der Waals surface area contributed by atoms with Crippen LogP contribution >= 0.6 is 0 Å². The molecule has 1 aromatic heterocycles. The highest BCUT2D eigenvalue weighted by atomic mass is 16.2. The average molecular weight is 342 g/mol. The molecule has 0 saturated heterocycles. The van der Waals surface area contributed by atoms with Gasteiger partial charge in [0.05, 0.1) is 17.7 Å². The fourth-order valence-corrected chi connectivity index (χ4v) is 2.68. The number of aromatic nitrogens is 1. The van der Waals surface area contributed by atoms with Crippen LogP contribution in [-0.4, -0.2) is 11.0 Å². The van der Waals surface area contributed by atoms with Crippen molar-refractivity contribution in [1.29, 1.82) is 5.26 Å². The number of nitriles is 1. The minimum absolute atomic E-state index is 0.273. The molecule has 2 N–H and O–H groups in total. The minimum Gasteiger partial charge on any atom is -0.334 e. The molecule has 0 aliphatic heterocycles. The molecule has 3 aromatic rings. The van der Waals surface area contributed by atoms with Crippen LogP contribution in [0.1, 0.15) is 28.3 Å². The minimum atomic E-state index is -0.280. The van der Waals surface area contributed by atoms with Crippen molar-refractivity contribution in [3.63, 3.8) is 0 Å². The van der Waals surface area contributed by atoms with Crippen LogP contribution in [0.4, 0.5) is 4.79 Å². The maximum atomic E-state index is 12.4. The zero-order chi connectivity index (χ0) is 18.2. The molecule has 128 valence electrons. The third-order valence-corrected chi connectivity index (χ3v) is 3.96. The van der Waals surface area contributed by atoms with Crippen molar-refractivity contribution in [3.8, 4) is 6.07 Å². The van der Waals surface area contributed by atoms with Gasteiger partial charge in [0.2, 0.25) is 0 Å². The van der Waals surface area contributed by atoms with Gasteiger partial charge in [0.25, 0.3) is 0 Å². The van der Waals surface area contributed by atoms with Crippen LogP contribution in [-0.2, 0) is 6.54 Å². The number of hydrogen-bond acceptors (Lipinski definition) is 3. The van der Waals surface area contributed by atoms with E-state index in [2.05, 4.69) is 21.7 Å². The molecule has 0 aliphatic carbocycles. The molecular formula is C21H18N4O. The fraction of sp³-hybridized carbons (Fsp3) is 0.0952. The monoisotopic (exact) mass is 342 g/mol. The number of urea groups is 1. The lowest BCUT2D eigenvalue weighted by Gasteiger charge is -2.20. The summed E-state index contributed by atoms with van der Waals surface area (Å²) < 4.78 is 0. The first kappa shape index (κ1) is 17.2. The summed E-state index contributed by atoms with van der Waals surface area (Å²) in [6.45, 7) is 0.346. The summed E-state index contributed by atoms with van der Waals surface area (Å²) in [6.07, 6.45) is 3.41. The molecule has 0 unspecified atom stereocenters. The summed E-state index contributed by atoms with van der Waals surface area (Å²) in [7, 11) is 0. The maximum Gasteiger partial charge on any atom is 0.315 e. The van der Waals surface area contributed by atoms with Crippen LogP contribution in [0.3, 0.4) is 0 Å². The lowest BCUT2D eigenvalue weighted by Crippen LogP contribution is -2.38. The van der Waals surface area contributed by atoms with Crippen LogP contribution in [0, 0.1) is 11.3 Å². The number of benzene rings is 2. The normalized spacial score (nSPS) is 11.2. The Balaban J connectivity index is 1.70. The smallest absolute Gasteiger partial charge is 0.315 e. The van der Waals surface area contributed by atoms with E-state index < -0.39 is 0 Å². The van der Waals surface area contributed by atoms with E-state index in [0.717, 1.165) is 16.7 Å². The van der Waals surface area contributed by atoms with Gasteiger partial charge < -0.3 is 10.6 Å². The van der Waals surface area contributed by atoms with Crippen molar-refractivity contribution in [2.45, 2.75) is 12.6 Å². The number of pyridine rings is 1. The highest BCUT2D eigenvalue weighted by Crippen LogP contribution is 2.21. The van der Waals surface area contributed by atoms with Gasteiger partial charge in [-0.3, -0.25) is 4.98 Å². The van der Waals surface area contributed by atoms with Crippen molar-refractivity contribution in [1.82, 2.24) is 15.6 Å². The van der Waals surface area contributed by atoms with Crippen molar-refractivity contribution < 1.29 is 4.79 Å². The van der Waals surface area contributed by atoms with E-state index >= 15 is 0 Å². The molecule has 0 radical (unpaired) electrons. The number of amides is 2. The third kappa shape index (κ3) is 4.46. The van der Waals surface area contributed by atoms with E-state index in [0.29, 0.717) is 12.1 Å². The molecule has 2 amide bonds. The number of nitrogens with one attached hydrogen (secondary N) is 2. The van der Waals surface area contributed by atoms with Gasteiger partial charge in [0, 0.05) is 18.9 Å². The number of hydrogen-bond donors (Lipinski definition) is 2. The molecule has 0 aliphatic rings. The van der Waals surface area contributed by atoms with E-state index in [1.54, 1.807) is 30.6 Å². The second-order valence-electron chi connectivity index (χ2n) is 5.76. The lowest BCUT2D eigenvalue weighted by molar-refractivity contribution is 0.238. The molecule has 0 spiro atoms. The highest BCUT2D eigenvalue weighted by Gasteiger charge is 2.16. The van der Waals surface area contributed by atoms with E-state index in [1.165, 1.54) is 0 Å². The Kier molecular flexibility index (Phi) is 5.58. The first-order valence-corrected chi connectivity index (χ1v) is 8.24. The number of carbonyl (C=O) groups is 1. The van der Waals surface area contributed by atoms with Gasteiger partial charge in [-0.25, -0.2) is 4.79 Å². The van der Waals surface area contributed by atoms with Crippen molar-refractivity contribution in [2.24, 2.45) is 0 Å². The summed E-state index contributed by atoms with van der Waals surface area (Å²) in [4.78, 5) is 16.5. The summed E-state index contributed by atoms with van der Waals surface area (Å²) in [5.74, 6) is 0. The first-order chi connectivity index (χ1) is 12.8. The lowest BCUT2D eigenvalue weighted by atomic mass is 10.00. The van der Waals surface area contributed by atoms with Crippen molar-refractivity contribution in [3.05, 3.63) is 101 Å². The van der Waals surface area contributed by atoms with E-state index in [1.807, 2.05) is 48.5 Å². The Morgan fingerprint density at radius 3 is 2.46 bits per heavy atom. The van der Waals surface area contributed by atoms with E-state index in [4.69, 9.17) is 5.26 Å². The zero-order valence-electron chi connectivity index (χ0n) is 14.1. The van der Waals surface area contributed by atoms with Gasteiger partial charge >= 0.3 is 6.03 Å². The molecule has 1 atom stereocenters. The zero-order valence-corrected chi connectivity index (χ0v) is 14.1. The summed E-state index contributed by atoms with van der Waals surface area (Å²) in [5.41, 5.74) is 3.39. The Bertz CT molecular complexity index is 865. The van der Waals surface area contributed by atoms with E-state index in [9.17, 15) is 4.79 Å². The number of rotatable bonds is 5. The topological polar surface area (TPSA) is 77.8 Å². The van der Waals surface area contributed by atoms with Crippen molar-refractivity contribution >= 4 is 6.03 Å². The summed E-state index contributed by atoms with van der Waals surface area (Å²) >= 11 is 0. The summed E-state index contributed by atoms with van der Waals surface area (Å²) in [6, 6.07) is 22.3. The second kappa shape index (κ2) is 8.45. The molecule has 2 aromatic carbocycles. The molecule has 1 heterocycles. The quantitative estimate of drug-likeness (QED) is 0.744. The molecule has 0 fully saturated rings. The molecule has 0 bridgehead atoms. The Morgan fingerprint density at radius 2 is 1.73 bits per heavy atom. The molecule has 3 rings (SSSR count). The predicted molar refractivity (Wildman–Crippen MR) is 99.1 cm³/mol. The fourth-order valence-electron chi connectivity index (χ4n) is 2.68. The van der Waals surface area contributed by atoms with Crippen molar-refractivity contribution in [2.75, 3.05) is 0 Å². The largest absolute Gasteiger partial charge is 0.334 e. The van der Waals surface area contributed by atoms with Crippen LogP contribution < -0.4 is 10.6 Å². The Labute approximate surface area is 152 Å². The second-order valence-corrected chi connectivity index (χ2v) is 5.76. The molecule has 0 saturated carbocycles. The van der Waals surface area contributed by atoms with Crippen LogP contribution in [0.2, 0.25) is 0 Å². The summed E-state index contributed by atoms with van der Waals surface area (Å²) in [5, 5.41) is 14.8. The average Bonchev–Trinajstić information content (AvgIpc) is 2.72. The van der Waals surface area contributed by atoms with Gasteiger partial charge in [-0.1, -0.05) is 42.5 Å². The SMILES string of the molecule is N#Cc1cccc(CNC(=O)N[C@@H](c2ccccc2)c2ccncc2)c1. The van der Waals surface area contributed by atoms with Gasteiger partial charge in [0.15, 0.2) is 0 Å². The molecule has 5 heteroatoms. The van der Waals surface area contributed by atoms with Crippen LogP contribution in [0.15, 0.2) is 79.1 Å². The Morgan fingerprint density at radius 1 is 1.00 bits per heavy atom. The van der Waals surface area contributed by atoms with Gasteiger partial charge in [-0.15, -0.1) is 0 Å².